The lowest BCUT2D eigenvalue weighted by Gasteiger charge is -2.34. The Morgan fingerprint density at radius 1 is 1.38 bits per heavy atom. The lowest BCUT2D eigenvalue weighted by molar-refractivity contribution is -0.149. The molecular formula is C20H29ClIN3O4. The highest BCUT2D eigenvalue weighted by molar-refractivity contribution is 14.0. The van der Waals surface area contributed by atoms with Crippen LogP contribution >= 0.6 is 35.6 Å². The quantitative estimate of drug-likeness (QED) is 0.269. The molecule has 7 nitrogen and oxygen atoms in total. The number of aliphatic imine (C=N–C) groups is 1. The maximum atomic E-state index is 12.1. The van der Waals surface area contributed by atoms with Crippen molar-refractivity contribution in [2.75, 3.05) is 46.5 Å². The van der Waals surface area contributed by atoms with E-state index in [1.807, 2.05) is 19.1 Å². The number of carbonyl (C=O) groups is 1. The number of benzene rings is 1. The van der Waals surface area contributed by atoms with Gasteiger partial charge in [-0.2, -0.15) is 0 Å². The summed E-state index contributed by atoms with van der Waals surface area (Å²) in [7, 11) is 1.76. The fraction of sp³-hybridized carbons (Fsp3) is 0.600. The van der Waals surface area contributed by atoms with E-state index >= 15 is 0 Å². The highest BCUT2D eigenvalue weighted by Crippen LogP contribution is 2.38. The molecule has 0 saturated carbocycles. The SMILES string of the molecule is CCOC(=O)C1CCCN(C(=NC)NCCc2cc(Cl)c3c(c2)OCCO3)C1.I. The number of piperidine rings is 1. The molecule has 0 bridgehead atoms. The molecule has 1 saturated heterocycles. The fourth-order valence-electron chi connectivity index (χ4n) is 3.58. The van der Waals surface area contributed by atoms with Crippen molar-refractivity contribution in [2.24, 2.45) is 10.9 Å². The van der Waals surface area contributed by atoms with Crippen molar-refractivity contribution in [1.29, 1.82) is 0 Å². The van der Waals surface area contributed by atoms with Gasteiger partial charge >= 0.3 is 5.97 Å². The Bertz CT molecular complexity index is 732. The van der Waals surface area contributed by atoms with E-state index in [1.54, 1.807) is 7.05 Å². The lowest BCUT2D eigenvalue weighted by atomic mass is 9.98. The molecule has 1 fully saturated rings. The Labute approximate surface area is 194 Å². The number of fused-ring (bicyclic) bond motifs is 1. The molecule has 0 aliphatic carbocycles. The third kappa shape index (κ3) is 6.28. The topological polar surface area (TPSA) is 72.4 Å². The van der Waals surface area contributed by atoms with Gasteiger partial charge in [0.1, 0.15) is 13.2 Å². The van der Waals surface area contributed by atoms with Gasteiger partial charge in [0.15, 0.2) is 17.5 Å². The molecule has 2 aliphatic heterocycles. The van der Waals surface area contributed by atoms with Gasteiger partial charge in [0.2, 0.25) is 0 Å². The molecule has 0 aromatic heterocycles. The first-order chi connectivity index (χ1) is 13.6. The van der Waals surface area contributed by atoms with E-state index < -0.39 is 0 Å². The minimum atomic E-state index is -0.117. The Hall–Kier alpha value is -1.42. The third-order valence-electron chi connectivity index (χ3n) is 4.91. The van der Waals surface area contributed by atoms with Crippen molar-refractivity contribution in [3.8, 4) is 11.5 Å². The van der Waals surface area contributed by atoms with E-state index in [2.05, 4.69) is 15.2 Å². The molecule has 1 N–H and O–H groups in total. The second-order valence-electron chi connectivity index (χ2n) is 6.86. The smallest absolute Gasteiger partial charge is 0.310 e. The molecule has 1 aromatic rings. The zero-order valence-electron chi connectivity index (χ0n) is 16.9. The van der Waals surface area contributed by atoms with Crippen LogP contribution in [-0.2, 0) is 16.0 Å². The van der Waals surface area contributed by atoms with E-state index in [1.165, 1.54) is 0 Å². The number of carbonyl (C=O) groups excluding carboxylic acids is 1. The van der Waals surface area contributed by atoms with E-state index in [4.69, 9.17) is 25.8 Å². The van der Waals surface area contributed by atoms with Gasteiger partial charge in [-0.15, -0.1) is 24.0 Å². The van der Waals surface area contributed by atoms with Crippen molar-refractivity contribution in [2.45, 2.75) is 26.2 Å². The number of hydrogen-bond donors (Lipinski definition) is 1. The minimum absolute atomic E-state index is 0. The van der Waals surface area contributed by atoms with E-state index in [-0.39, 0.29) is 35.9 Å². The van der Waals surface area contributed by atoms with Gasteiger partial charge in [0, 0.05) is 26.7 Å². The fourth-order valence-corrected chi connectivity index (χ4v) is 3.87. The summed E-state index contributed by atoms with van der Waals surface area (Å²) in [5.74, 6) is 1.92. The normalized spacial score (nSPS) is 18.7. The summed E-state index contributed by atoms with van der Waals surface area (Å²) in [5.41, 5.74) is 1.07. The second kappa shape index (κ2) is 11.7. The zero-order chi connectivity index (χ0) is 19.9. The van der Waals surface area contributed by atoms with Gasteiger partial charge in [0.25, 0.3) is 0 Å². The molecule has 29 heavy (non-hydrogen) atoms. The number of rotatable bonds is 5. The minimum Gasteiger partial charge on any atom is -0.486 e. The van der Waals surface area contributed by atoms with Crippen molar-refractivity contribution >= 4 is 47.5 Å². The molecule has 2 aliphatic rings. The third-order valence-corrected chi connectivity index (χ3v) is 5.19. The number of esters is 1. The molecule has 3 rings (SSSR count). The van der Waals surface area contributed by atoms with Crippen LogP contribution in [0, 0.1) is 5.92 Å². The van der Waals surface area contributed by atoms with Crippen LogP contribution in [0.15, 0.2) is 17.1 Å². The maximum Gasteiger partial charge on any atom is 0.310 e. The maximum absolute atomic E-state index is 12.1. The highest BCUT2D eigenvalue weighted by Gasteiger charge is 2.28. The van der Waals surface area contributed by atoms with Crippen LogP contribution in [0.25, 0.3) is 0 Å². The largest absolute Gasteiger partial charge is 0.486 e. The molecule has 0 amide bonds. The Balaban J connectivity index is 0.00000300. The van der Waals surface area contributed by atoms with Gasteiger partial charge in [0.05, 0.1) is 17.5 Å². The Kier molecular flexibility index (Phi) is 9.61. The molecule has 2 heterocycles. The first-order valence-corrected chi connectivity index (χ1v) is 10.2. The van der Waals surface area contributed by atoms with Crippen molar-refractivity contribution < 1.29 is 19.0 Å². The van der Waals surface area contributed by atoms with Gasteiger partial charge in [-0.25, -0.2) is 0 Å². The molecule has 162 valence electrons. The first kappa shape index (κ1) is 23.9. The number of nitrogens with one attached hydrogen (secondary N) is 1. The van der Waals surface area contributed by atoms with Crippen molar-refractivity contribution in [3.63, 3.8) is 0 Å². The summed E-state index contributed by atoms with van der Waals surface area (Å²) in [5, 5.41) is 3.96. The molecule has 1 atom stereocenters. The highest BCUT2D eigenvalue weighted by atomic mass is 127. The molecule has 1 unspecified atom stereocenters. The number of halogens is 2. The average Bonchev–Trinajstić information content (AvgIpc) is 2.71. The summed E-state index contributed by atoms with van der Waals surface area (Å²) in [6, 6.07) is 3.89. The van der Waals surface area contributed by atoms with Crippen LogP contribution in [-0.4, -0.2) is 63.3 Å². The molecular weight excluding hydrogens is 509 g/mol. The van der Waals surface area contributed by atoms with Crippen LogP contribution in [0.5, 0.6) is 11.5 Å². The van der Waals surface area contributed by atoms with Crippen LogP contribution in [0.1, 0.15) is 25.3 Å². The van der Waals surface area contributed by atoms with Crippen LogP contribution in [0.2, 0.25) is 5.02 Å². The lowest BCUT2D eigenvalue weighted by Crippen LogP contribution is -2.48. The zero-order valence-corrected chi connectivity index (χ0v) is 20.0. The summed E-state index contributed by atoms with van der Waals surface area (Å²) in [6.45, 7) is 5.52. The summed E-state index contributed by atoms with van der Waals surface area (Å²) in [6.07, 6.45) is 2.58. The predicted octanol–water partition coefficient (Wildman–Crippen LogP) is 3.12. The number of likely N-dealkylation sites (tertiary alicyclic amines) is 1. The Morgan fingerprint density at radius 3 is 2.93 bits per heavy atom. The van der Waals surface area contributed by atoms with Crippen LogP contribution in [0.4, 0.5) is 0 Å². The van der Waals surface area contributed by atoms with Crippen molar-refractivity contribution in [1.82, 2.24) is 10.2 Å². The monoisotopic (exact) mass is 537 g/mol. The van der Waals surface area contributed by atoms with Gasteiger partial charge in [-0.1, -0.05) is 11.6 Å². The summed E-state index contributed by atoms with van der Waals surface area (Å²) >= 11 is 6.31. The van der Waals surface area contributed by atoms with E-state index in [9.17, 15) is 4.79 Å². The average molecular weight is 538 g/mol. The Morgan fingerprint density at radius 2 is 2.17 bits per heavy atom. The standard InChI is InChI=1S/C20H28ClN3O4.HI/c1-3-26-19(25)15-5-4-8-24(13-15)20(22-2)23-7-6-14-11-16(21)18-17(12-14)27-9-10-28-18;/h11-12,15H,3-10,13H2,1-2H3,(H,22,23);1H. The molecule has 0 spiro atoms. The number of nitrogens with zero attached hydrogens (tertiary/aromatic N) is 2. The first-order valence-electron chi connectivity index (χ1n) is 9.82. The van der Waals surface area contributed by atoms with E-state index in [0.29, 0.717) is 49.4 Å². The van der Waals surface area contributed by atoms with Crippen LogP contribution < -0.4 is 14.8 Å². The van der Waals surface area contributed by atoms with E-state index in [0.717, 1.165) is 37.3 Å². The van der Waals surface area contributed by atoms with Gasteiger partial charge in [-0.3, -0.25) is 9.79 Å². The number of ether oxygens (including phenoxy) is 3. The van der Waals surface area contributed by atoms with Crippen LogP contribution in [0.3, 0.4) is 0 Å². The van der Waals surface area contributed by atoms with Crippen molar-refractivity contribution in [3.05, 3.63) is 22.7 Å². The predicted molar refractivity (Wildman–Crippen MR) is 124 cm³/mol. The number of guanidine groups is 1. The second-order valence-corrected chi connectivity index (χ2v) is 7.27. The molecule has 0 radical (unpaired) electrons. The van der Waals surface area contributed by atoms with Gasteiger partial charge < -0.3 is 24.4 Å². The summed E-state index contributed by atoms with van der Waals surface area (Å²) in [4.78, 5) is 18.6. The molecule has 9 heteroatoms. The van der Waals surface area contributed by atoms with Gasteiger partial charge in [-0.05, 0) is 43.9 Å². The molecule has 1 aromatic carbocycles. The summed E-state index contributed by atoms with van der Waals surface area (Å²) < 4.78 is 16.4. The number of hydrogen-bond acceptors (Lipinski definition) is 5.